The highest BCUT2D eigenvalue weighted by atomic mass is 16.5. The van der Waals surface area contributed by atoms with Gasteiger partial charge in [0, 0.05) is 6.54 Å². The number of aromatic carboxylic acids is 1. The second-order valence-corrected chi connectivity index (χ2v) is 5.23. The topological polar surface area (TPSA) is 53.0 Å². The molecular formula is C15H24N2O3. The van der Waals surface area contributed by atoms with Gasteiger partial charge >= 0.3 is 5.97 Å². The zero-order valence-corrected chi connectivity index (χ0v) is 12.7. The van der Waals surface area contributed by atoms with Crippen molar-refractivity contribution in [2.75, 3.05) is 41.3 Å². The fraction of sp³-hybridized carbons (Fsp3) is 0.533. The van der Waals surface area contributed by atoms with Crippen LogP contribution in [0.4, 0.5) is 0 Å². The van der Waals surface area contributed by atoms with E-state index in [1.807, 2.05) is 13.1 Å². The van der Waals surface area contributed by atoms with Gasteiger partial charge in [0.2, 0.25) is 0 Å². The van der Waals surface area contributed by atoms with E-state index in [9.17, 15) is 4.79 Å². The number of hydrogen-bond donors (Lipinski definition) is 1. The van der Waals surface area contributed by atoms with Crippen LogP contribution < -0.4 is 4.74 Å². The predicted molar refractivity (Wildman–Crippen MR) is 79.5 cm³/mol. The molecule has 0 radical (unpaired) electrons. The number of carboxylic acid groups (broad SMARTS) is 1. The Balaban J connectivity index is 2.63. The minimum atomic E-state index is -0.959. The highest BCUT2D eigenvalue weighted by molar-refractivity contribution is 5.91. The summed E-state index contributed by atoms with van der Waals surface area (Å²) in [6, 6.07) is 5.31. The van der Waals surface area contributed by atoms with Gasteiger partial charge in [0.15, 0.2) is 0 Å². The maximum Gasteiger partial charge on any atom is 0.339 e. The lowest BCUT2D eigenvalue weighted by molar-refractivity contribution is 0.0693. The van der Waals surface area contributed by atoms with Crippen LogP contribution in [-0.4, -0.2) is 62.2 Å². The van der Waals surface area contributed by atoms with Crippen molar-refractivity contribution in [1.82, 2.24) is 9.80 Å². The van der Waals surface area contributed by atoms with Crippen LogP contribution in [0.3, 0.4) is 0 Å². The first-order valence-corrected chi connectivity index (χ1v) is 6.67. The quantitative estimate of drug-likeness (QED) is 0.786. The summed E-state index contributed by atoms with van der Waals surface area (Å²) in [5.41, 5.74) is 1.20. The number of nitrogens with zero attached hydrogens (tertiary/aromatic N) is 2. The Morgan fingerprint density at radius 1 is 1.25 bits per heavy atom. The first-order chi connectivity index (χ1) is 9.43. The molecule has 0 spiro atoms. The van der Waals surface area contributed by atoms with Gasteiger partial charge in [-0.1, -0.05) is 6.07 Å². The lowest BCUT2D eigenvalue weighted by atomic mass is 10.1. The molecule has 0 saturated heterocycles. The summed E-state index contributed by atoms with van der Waals surface area (Å²) in [4.78, 5) is 15.5. The van der Waals surface area contributed by atoms with Gasteiger partial charge in [-0.25, -0.2) is 4.79 Å². The molecule has 5 heteroatoms. The molecule has 1 aromatic rings. The van der Waals surface area contributed by atoms with E-state index in [2.05, 4.69) is 23.9 Å². The van der Waals surface area contributed by atoms with E-state index in [1.165, 1.54) is 7.11 Å². The van der Waals surface area contributed by atoms with Crippen LogP contribution in [0.25, 0.3) is 0 Å². The third kappa shape index (κ3) is 5.19. The van der Waals surface area contributed by atoms with Gasteiger partial charge in [0.05, 0.1) is 7.11 Å². The summed E-state index contributed by atoms with van der Waals surface area (Å²) in [5, 5.41) is 9.16. The van der Waals surface area contributed by atoms with Crippen LogP contribution in [0.1, 0.15) is 22.3 Å². The van der Waals surface area contributed by atoms with E-state index in [1.54, 1.807) is 12.1 Å². The summed E-state index contributed by atoms with van der Waals surface area (Å²) in [6.45, 7) is 2.76. The van der Waals surface area contributed by atoms with Crippen LogP contribution in [0.5, 0.6) is 5.75 Å². The van der Waals surface area contributed by atoms with E-state index in [-0.39, 0.29) is 5.56 Å². The van der Waals surface area contributed by atoms with Gasteiger partial charge in [-0.05, 0) is 58.3 Å². The molecule has 0 aliphatic carbocycles. The van der Waals surface area contributed by atoms with E-state index in [4.69, 9.17) is 9.84 Å². The molecule has 0 atom stereocenters. The van der Waals surface area contributed by atoms with E-state index >= 15 is 0 Å². The van der Waals surface area contributed by atoms with Crippen molar-refractivity contribution in [3.05, 3.63) is 29.3 Å². The van der Waals surface area contributed by atoms with Crippen molar-refractivity contribution in [2.24, 2.45) is 0 Å². The number of benzene rings is 1. The van der Waals surface area contributed by atoms with Gasteiger partial charge in [0.25, 0.3) is 0 Å². The normalized spacial score (nSPS) is 11.1. The third-order valence-corrected chi connectivity index (χ3v) is 3.09. The van der Waals surface area contributed by atoms with Crippen LogP contribution in [0, 0.1) is 0 Å². The largest absolute Gasteiger partial charge is 0.496 e. The van der Waals surface area contributed by atoms with Crippen LogP contribution in [-0.2, 0) is 6.54 Å². The molecule has 0 fully saturated rings. The maximum atomic E-state index is 11.2. The molecule has 112 valence electrons. The molecule has 0 aliphatic heterocycles. The molecule has 0 aromatic heterocycles. The van der Waals surface area contributed by atoms with Crippen molar-refractivity contribution < 1.29 is 14.6 Å². The number of hydrogen-bond acceptors (Lipinski definition) is 4. The third-order valence-electron chi connectivity index (χ3n) is 3.09. The molecule has 20 heavy (non-hydrogen) atoms. The Labute approximate surface area is 120 Å². The maximum absolute atomic E-state index is 11.2. The Bertz CT molecular complexity index is 447. The highest BCUT2D eigenvalue weighted by Crippen LogP contribution is 2.20. The summed E-state index contributed by atoms with van der Waals surface area (Å²) >= 11 is 0. The van der Waals surface area contributed by atoms with Crippen molar-refractivity contribution in [3.8, 4) is 5.75 Å². The summed E-state index contributed by atoms with van der Waals surface area (Å²) in [7, 11) is 7.64. The zero-order valence-electron chi connectivity index (χ0n) is 12.7. The van der Waals surface area contributed by atoms with Crippen molar-refractivity contribution in [3.63, 3.8) is 0 Å². The number of methoxy groups -OCH3 is 1. The molecule has 1 aromatic carbocycles. The first-order valence-electron chi connectivity index (χ1n) is 6.67. The highest BCUT2D eigenvalue weighted by Gasteiger charge is 2.12. The minimum absolute atomic E-state index is 0.215. The van der Waals surface area contributed by atoms with E-state index in [0.717, 1.165) is 31.6 Å². The van der Waals surface area contributed by atoms with Gasteiger partial charge in [-0.2, -0.15) is 0 Å². The average molecular weight is 280 g/mol. The molecule has 1 N–H and O–H groups in total. The SMILES string of the molecule is COc1ccc(CN(C)CCCN(C)C)cc1C(=O)O. The molecule has 0 heterocycles. The Morgan fingerprint density at radius 3 is 2.50 bits per heavy atom. The summed E-state index contributed by atoms with van der Waals surface area (Å²) < 4.78 is 5.06. The average Bonchev–Trinajstić information content (AvgIpc) is 2.38. The fourth-order valence-corrected chi connectivity index (χ4v) is 2.07. The predicted octanol–water partition coefficient (Wildman–Crippen LogP) is 1.78. The van der Waals surface area contributed by atoms with Crippen molar-refractivity contribution in [2.45, 2.75) is 13.0 Å². The Kier molecular flexibility index (Phi) is 6.48. The second-order valence-electron chi connectivity index (χ2n) is 5.23. The van der Waals surface area contributed by atoms with Crippen LogP contribution in [0.2, 0.25) is 0 Å². The van der Waals surface area contributed by atoms with Gasteiger partial charge in [-0.3, -0.25) is 0 Å². The molecule has 0 amide bonds. The molecule has 1 rings (SSSR count). The first kappa shape index (κ1) is 16.5. The Hall–Kier alpha value is -1.59. The number of ether oxygens (including phenoxy) is 1. The number of rotatable bonds is 8. The molecular weight excluding hydrogens is 256 g/mol. The molecule has 0 saturated carbocycles. The smallest absolute Gasteiger partial charge is 0.339 e. The van der Waals surface area contributed by atoms with Crippen LogP contribution >= 0.6 is 0 Å². The zero-order chi connectivity index (χ0) is 15.1. The molecule has 0 unspecified atom stereocenters. The van der Waals surface area contributed by atoms with Crippen molar-refractivity contribution >= 4 is 5.97 Å². The van der Waals surface area contributed by atoms with E-state index < -0.39 is 5.97 Å². The van der Waals surface area contributed by atoms with Crippen LogP contribution in [0.15, 0.2) is 18.2 Å². The molecule has 5 nitrogen and oxygen atoms in total. The molecule has 0 aliphatic rings. The lowest BCUT2D eigenvalue weighted by Gasteiger charge is -2.18. The second kappa shape index (κ2) is 7.87. The fourth-order valence-electron chi connectivity index (χ4n) is 2.07. The monoisotopic (exact) mass is 280 g/mol. The van der Waals surface area contributed by atoms with Gasteiger partial charge < -0.3 is 19.6 Å². The lowest BCUT2D eigenvalue weighted by Crippen LogP contribution is -2.23. The molecule has 0 bridgehead atoms. The standard InChI is InChI=1S/C15H24N2O3/c1-16(2)8-5-9-17(3)11-12-6-7-14(20-4)13(10-12)15(18)19/h6-7,10H,5,8-9,11H2,1-4H3,(H,18,19). The number of carbonyl (C=O) groups is 1. The number of carboxylic acids is 1. The summed E-state index contributed by atoms with van der Waals surface area (Å²) in [5.74, 6) is -0.560. The van der Waals surface area contributed by atoms with Gasteiger partial charge in [0.1, 0.15) is 11.3 Å². The Morgan fingerprint density at radius 2 is 1.95 bits per heavy atom. The summed E-state index contributed by atoms with van der Waals surface area (Å²) in [6.07, 6.45) is 1.09. The van der Waals surface area contributed by atoms with E-state index in [0.29, 0.717) is 5.75 Å². The van der Waals surface area contributed by atoms with Crippen molar-refractivity contribution in [1.29, 1.82) is 0 Å². The minimum Gasteiger partial charge on any atom is -0.496 e. The van der Waals surface area contributed by atoms with Gasteiger partial charge in [-0.15, -0.1) is 0 Å².